The van der Waals surface area contributed by atoms with Gasteiger partial charge >= 0.3 is 0 Å². The Balaban J connectivity index is 2.73. The third kappa shape index (κ3) is 3.22. The molecule has 0 fully saturated rings. The first kappa shape index (κ1) is 13.0. The Labute approximate surface area is 98.2 Å². The van der Waals surface area contributed by atoms with Crippen molar-refractivity contribution in [2.45, 2.75) is 13.0 Å². The number of anilines is 1. The summed E-state index contributed by atoms with van der Waals surface area (Å²) in [7, 11) is 3.81. The highest BCUT2D eigenvalue weighted by molar-refractivity contribution is 5.46. The zero-order valence-corrected chi connectivity index (χ0v) is 10.4. The molecule has 2 N–H and O–H groups in total. The molecule has 90 valence electrons. The summed E-state index contributed by atoms with van der Waals surface area (Å²) in [6, 6.07) is 10.6. The summed E-state index contributed by atoms with van der Waals surface area (Å²) in [5.74, 6) is 0.417. The Bertz CT molecular complexity index is 289. The number of methoxy groups -OCH3 is 1. The van der Waals surface area contributed by atoms with Crippen molar-refractivity contribution in [3.05, 3.63) is 30.3 Å². The van der Waals surface area contributed by atoms with Crippen molar-refractivity contribution in [1.82, 2.24) is 0 Å². The Kier molecular flexibility index (Phi) is 5.29. The normalized spacial score (nSPS) is 14.5. The van der Waals surface area contributed by atoms with Crippen molar-refractivity contribution in [2.75, 3.05) is 32.2 Å². The van der Waals surface area contributed by atoms with E-state index in [1.54, 1.807) is 7.11 Å². The van der Waals surface area contributed by atoms with Gasteiger partial charge in [0.15, 0.2) is 0 Å². The molecule has 0 saturated heterocycles. The molecular formula is C13H22N2O. The summed E-state index contributed by atoms with van der Waals surface area (Å²) >= 11 is 0. The minimum absolute atomic E-state index is 0.308. The lowest BCUT2D eigenvalue weighted by Gasteiger charge is -2.33. The number of likely N-dealkylation sites (N-methyl/N-ethyl adjacent to an activating group) is 1. The second-order valence-electron chi connectivity index (χ2n) is 4.18. The van der Waals surface area contributed by atoms with Crippen LogP contribution in [-0.4, -0.2) is 33.4 Å². The molecule has 0 radical (unpaired) electrons. The van der Waals surface area contributed by atoms with Gasteiger partial charge in [0.1, 0.15) is 0 Å². The molecule has 0 spiro atoms. The molecular weight excluding hydrogens is 200 g/mol. The average Bonchev–Trinajstić information content (AvgIpc) is 2.31. The van der Waals surface area contributed by atoms with Crippen LogP contribution in [0.25, 0.3) is 0 Å². The van der Waals surface area contributed by atoms with Gasteiger partial charge in [-0.15, -0.1) is 0 Å². The number of benzene rings is 1. The van der Waals surface area contributed by atoms with Crippen LogP contribution in [0.1, 0.15) is 6.92 Å². The van der Waals surface area contributed by atoms with Crippen LogP contribution in [0.5, 0.6) is 0 Å². The molecule has 1 aromatic carbocycles. The number of hydrogen-bond donors (Lipinski definition) is 1. The number of nitrogens with two attached hydrogens (primary N) is 1. The largest absolute Gasteiger partial charge is 0.384 e. The maximum absolute atomic E-state index is 5.84. The zero-order chi connectivity index (χ0) is 12.0. The van der Waals surface area contributed by atoms with Gasteiger partial charge in [-0.05, 0) is 12.1 Å². The van der Waals surface area contributed by atoms with Gasteiger partial charge in [-0.3, -0.25) is 0 Å². The summed E-state index contributed by atoms with van der Waals surface area (Å²) in [6.07, 6.45) is 0. The van der Waals surface area contributed by atoms with E-state index in [2.05, 4.69) is 31.0 Å². The molecule has 16 heavy (non-hydrogen) atoms. The minimum atomic E-state index is 0.308. The maximum atomic E-state index is 5.84. The van der Waals surface area contributed by atoms with Crippen LogP contribution in [0.3, 0.4) is 0 Å². The van der Waals surface area contributed by atoms with Gasteiger partial charge in [-0.1, -0.05) is 25.1 Å². The Hall–Kier alpha value is -1.06. The highest BCUT2D eigenvalue weighted by atomic mass is 16.5. The van der Waals surface area contributed by atoms with Crippen molar-refractivity contribution in [2.24, 2.45) is 11.7 Å². The highest BCUT2D eigenvalue weighted by Gasteiger charge is 2.20. The number of rotatable bonds is 6. The molecule has 3 nitrogen and oxygen atoms in total. The molecule has 0 bridgehead atoms. The molecule has 0 saturated carbocycles. The van der Waals surface area contributed by atoms with Crippen LogP contribution < -0.4 is 10.6 Å². The fourth-order valence-corrected chi connectivity index (χ4v) is 2.00. The smallest absolute Gasteiger partial charge is 0.0507 e. The first-order chi connectivity index (χ1) is 7.70. The zero-order valence-electron chi connectivity index (χ0n) is 10.4. The summed E-state index contributed by atoms with van der Waals surface area (Å²) < 4.78 is 5.19. The van der Waals surface area contributed by atoms with Crippen molar-refractivity contribution < 1.29 is 4.74 Å². The van der Waals surface area contributed by atoms with Crippen molar-refractivity contribution in [1.29, 1.82) is 0 Å². The van der Waals surface area contributed by atoms with E-state index in [1.807, 2.05) is 18.2 Å². The van der Waals surface area contributed by atoms with Crippen LogP contribution in [0.15, 0.2) is 30.3 Å². The molecule has 0 aliphatic rings. The second-order valence-corrected chi connectivity index (χ2v) is 4.18. The minimum Gasteiger partial charge on any atom is -0.384 e. The molecule has 0 aromatic heterocycles. The van der Waals surface area contributed by atoms with Gasteiger partial charge in [-0.25, -0.2) is 0 Å². The first-order valence-corrected chi connectivity index (χ1v) is 5.67. The van der Waals surface area contributed by atoms with Crippen molar-refractivity contribution in [3.63, 3.8) is 0 Å². The highest BCUT2D eigenvalue weighted by Crippen LogP contribution is 2.18. The molecule has 2 unspecified atom stereocenters. The Morgan fingerprint density at radius 1 is 1.31 bits per heavy atom. The molecule has 2 atom stereocenters. The Morgan fingerprint density at radius 3 is 2.44 bits per heavy atom. The van der Waals surface area contributed by atoms with Crippen LogP contribution in [0, 0.1) is 5.92 Å². The van der Waals surface area contributed by atoms with E-state index in [1.165, 1.54) is 5.69 Å². The van der Waals surface area contributed by atoms with E-state index in [0.29, 0.717) is 18.5 Å². The SMILES string of the molecule is COCC(C)C(CN)N(C)c1ccccc1. The quantitative estimate of drug-likeness (QED) is 0.796. The number of ether oxygens (including phenoxy) is 1. The number of nitrogens with zero attached hydrogens (tertiary/aromatic N) is 1. The van der Waals surface area contributed by atoms with Crippen LogP contribution in [-0.2, 0) is 4.74 Å². The fourth-order valence-electron chi connectivity index (χ4n) is 2.00. The lowest BCUT2D eigenvalue weighted by Crippen LogP contribution is -2.44. The van der Waals surface area contributed by atoms with Crippen LogP contribution >= 0.6 is 0 Å². The number of para-hydroxylation sites is 1. The van der Waals surface area contributed by atoms with E-state index in [4.69, 9.17) is 10.5 Å². The van der Waals surface area contributed by atoms with E-state index in [9.17, 15) is 0 Å². The fraction of sp³-hybridized carbons (Fsp3) is 0.538. The van der Waals surface area contributed by atoms with Gasteiger partial charge in [0, 0.05) is 38.3 Å². The van der Waals surface area contributed by atoms with Gasteiger partial charge in [-0.2, -0.15) is 0 Å². The topological polar surface area (TPSA) is 38.5 Å². The van der Waals surface area contributed by atoms with E-state index >= 15 is 0 Å². The third-order valence-corrected chi connectivity index (χ3v) is 2.99. The lowest BCUT2D eigenvalue weighted by molar-refractivity contribution is 0.147. The predicted molar refractivity (Wildman–Crippen MR) is 68.7 cm³/mol. The van der Waals surface area contributed by atoms with Crippen molar-refractivity contribution in [3.8, 4) is 0 Å². The maximum Gasteiger partial charge on any atom is 0.0507 e. The predicted octanol–water partition coefficient (Wildman–Crippen LogP) is 1.73. The molecule has 0 amide bonds. The standard InChI is InChI=1S/C13H22N2O/c1-11(10-16-3)13(9-14)15(2)12-7-5-4-6-8-12/h4-8,11,13H,9-10,14H2,1-3H3. The molecule has 1 aromatic rings. The van der Waals surface area contributed by atoms with Gasteiger partial charge in [0.05, 0.1) is 6.61 Å². The number of hydrogen-bond acceptors (Lipinski definition) is 3. The van der Waals surface area contributed by atoms with Crippen LogP contribution in [0.4, 0.5) is 5.69 Å². The monoisotopic (exact) mass is 222 g/mol. The Morgan fingerprint density at radius 2 is 1.94 bits per heavy atom. The molecule has 1 rings (SSSR count). The summed E-state index contributed by atoms with van der Waals surface area (Å²) in [5, 5.41) is 0. The summed E-state index contributed by atoms with van der Waals surface area (Å²) in [5.41, 5.74) is 7.04. The summed E-state index contributed by atoms with van der Waals surface area (Å²) in [6.45, 7) is 3.54. The molecule has 3 heteroatoms. The lowest BCUT2D eigenvalue weighted by atomic mass is 10.0. The third-order valence-electron chi connectivity index (χ3n) is 2.99. The van der Waals surface area contributed by atoms with E-state index in [0.717, 1.165) is 6.61 Å². The van der Waals surface area contributed by atoms with E-state index < -0.39 is 0 Å². The first-order valence-electron chi connectivity index (χ1n) is 5.67. The van der Waals surface area contributed by atoms with Gasteiger partial charge < -0.3 is 15.4 Å². The second kappa shape index (κ2) is 6.51. The van der Waals surface area contributed by atoms with Crippen LogP contribution in [0.2, 0.25) is 0 Å². The molecule has 0 aliphatic heterocycles. The van der Waals surface area contributed by atoms with E-state index in [-0.39, 0.29) is 0 Å². The molecule has 0 aliphatic carbocycles. The van der Waals surface area contributed by atoms with Gasteiger partial charge in [0.2, 0.25) is 0 Å². The summed E-state index contributed by atoms with van der Waals surface area (Å²) in [4.78, 5) is 2.23. The van der Waals surface area contributed by atoms with Crippen molar-refractivity contribution >= 4 is 5.69 Å². The molecule has 0 heterocycles. The van der Waals surface area contributed by atoms with Gasteiger partial charge in [0.25, 0.3) is 0 Å². The average molecular weight is 222 g/mol.